The summed E-state index contributed by atoms with van der Waals surface area (Å²) in [7, 11) is 4.50. The molecule has 0 radical (unpaired) electrons. The van der Waals surface area contributed by atoms with Gasteiger partial charge in [-0.25, -0.2) is 9.78 Å². The van der Waals surface area contributed by atoms with E-state index in [0.29, 0.717) is 22.3 Å². The molecule has 0 aliphatic carbocycles. The van der Waals surface area contributed by atoms with E-state index in [1.165, 1.54) is 18.4 Å². The molecule has 0 aliphatic rings. The average molecular weight is 308 g/mol. The van der Waals surface area contributed by atoms with Gasteiger partial charge in [0.25, 0.3) is 0 Å². The van der Waals surface area contributed by atoms with Gasteiger partial charge in [-0.05, 0) is 19.1 Å². The Bertz CT molecular complexity index is 654. The number of aryl methyl sites for hydroxylation is 1. The first-order valence-electron chi connectivity index (χ1n) is 6.13. The monoisotopic (exact) mass is 308 g/mol. The Kier molecular flexibility index (Phi) is 4.64. The number of rotatable bonds is 5. The Hall–Kier alpha value is -2.28. The topological polar surface area (TPSA) is 69.7 Å². The van der Waals surface area contributed by atoms with Gasteiger partial charge >= 0.3 is 5.97 Å². The first kappa shape index (κ1) is 15.1. The van der Waals surface area contributed by atoms with Crippen LogP contribution in [0.2, 0.25) is 0 Å². The minimum absolute atomic E-state index is 0.317. The van der Waals surface area contributed by atoms with Crippen LogP contribution in [0, 0.1) is 6.92 Å². The van der Waals surface area contributed by atoms with E-state index in [1.807, 2.05) is 19.1 Å². The predicted octanol–water partition coefficient (Wildman–Crippen LogP) is 3.00. The lowest BCUT2D eigenvalue weighted by Crippen LogP contribution is -2.03. The molecule has 0 saturated carbocycles. The van der Waals surface area contributed by atoms with E-state index in [0.717, 1.165) is 10.6 Å². The van der Waals surface area contributed by atoms with Crippen molar-refractivity contribution in [3.05, 3.63) is 28.8 Å². The van der Waals surface area contributed by atoms with E-state index in [9.17, 15) is 4.79 Å². The third kappa shape index (κ3) is 3.25. The molecule has 1 aromatic carbocycles. The minimum Gasteiger partial charge on any atom is -0.497 e. The number of thiazole rings is 1. The van der Waals surface area contributed by atoms with Crippen molar-refractivity contribution in [3.8, 4) is 11.5 Å². The molecule has 0 bridgehead atoms. The third-order valence-electron chi connectivity index (χ3n) is 2.83. The SMILES string of the molecule is COC(=O)c1nc(Nc2ccc(OC)cc2OC)sc1C. The highest BCUT2D eigenvalue weighted by atomic mass is 32.1. The first-order valence-corrected chi connectivity index (χ1v) is 6.95. The van der Waals surface area contributed by atoms with Gasteiger partial charge in [-0.15, -0.1) is 11.3 Å². The molecule has 1 aromatic heterocycles. The zero-order chi connectivity index (χ0) is 15.4. The standard InChI is InChI=1S/C14H16N2O4S/c1-8-12(13(17)20-4)16-14(21-8)15-10-6-5-9(18-2)7-11(10)19-3/h5-7H,1-4H3,(H,15,16). The van der Waals surface area contributed by atoms with Crippen LogP contribution in [0.25, 0.3) is 0 Å². The van der Waals surface area contributed by atoms with Gasteiger partial charge in [-0.1, -0.05) is 0 Å². The highest BCUT2D eigenvalue weighted by molar-refractivity contribution is 7.15. The van der Waals surface area contributed by atoms with Gasteiger partial charge in [0.15, 0.2) is 10.8 Å². The zero-order valence-corrected chi connectivity index (χ0v) is 13.0. The molecule has 0 atom stereocenters. The summed E-state index contributed by atoms with van der Waals surface area (Å²) in [5, 5.41) is 3.73. The lowest BCUT2D eigenvalue weighted by molar-refractivity contribution is 0.0594. The molecule has 21 heavy (non-hydrogen) atoms. The second kappa shape index (κ2) is 6.45. The van der Waals surface area contributed by atoms with E-state index in [4.69, 9.17) is 14.2 Å². The molecule has 0 spiro atoms. The van der Waals surface area contributed by atoms with Crippen LogP contribution in [0.5, 0.6) is 11.5 Å². The first-order chi connectivity index (χ1) is 10.1. The van der Waals surface area contributed by atoms with Crippen LogP contribution in [0.4, 0.5) is 10.8 Å². The number of benzene rings is 1. The minimum atomic E-state index is -0.446. The fraction of sp³-hybridized carbons (Fsp3) is 0.286. The summed E-state index contributed by atoms with van der Waals surface area (Å²) >= 11 is 1.37. The Labute approximate surface area is 126 Å². The summed E-state index contributed by atoms with van der Waals surface area (Å²) in [5.74, 6) is 0.878. The van der Waals surface area contributed by atoms with Gasteiger partial charge in [-0.2, -0.15) is 0 Å². The number of esters is 1. The van der Waals surface area contributed by atoms with Gasteiger partial charge in [-0.3, -0.25) is 0 Å². The number of nitrogens with zero attached hydrogens (tertiary/aromatic N) is 1. The van der Waals surface area contributed by atoms with Gasteiger partial charge in [0.05, 0.1) is 27.0 Å². The number of carbonyl (C=O) groups is 1. The Morgan fingerprint density at radius 1 is 1.24 bits per heavy atom. The lowest BCUT2D eigenvalue weighted by Gasteiger charge is -2.10. The van der Waals surface area contributed by atoms with Crippen molar-refractivity contribution < 1.29 is 19.0 Å². The molecule has 0 saturated heterocycles. The highest BCUT2D eigenvalue weighted by Gasteiger charge is 2.16. The molecule has 6 nitrogen and oxygen atoms in total. The molecule has 1 heterocycles. The highest BCUT2D eigenvalue weighted by Crippen LogP contribution is 2.33. The third-order valence-corrected chi connectivity index (χ3v) is 3.71. The Morgan fingerprint density at radius 2 is 2.00 bits per heavy atom. The quantitative estimate of drug-likeness (QED) is 0.856. The second-order valence-corrected chi connectivity index (χ2v) is 5.31. The molecule has 1 N–H and O–H groups in total. The van der Waals surface area contributed by atoms with Crippen LogP contribution in [0.3, 0.4) is 0 Å². The van der Waals surface area contributed by atoms with Crippen LogP contribution in [0.1, 0.15) is 15.4 Å². The van der Waals surface area contributed by atoms with Crippen molar-refractivity contribution in [2.45, 2.75) is 6.92 Å². The number of nitrogens with one attached hydrogen (secondary N) is 1. The van der Waals surface area contributed by atoms with Gasteiger partial charge < -0.3 is 19.5 Å². The van der Waals surface area contributed by atoms with Gasteiger partial charge in [0.1, 0.15) is 11.5 Å². The average Bonchev–Trinajstić information content (AvgIpc) is 2.87. The number of ether oxygens (including phenoxy) is 3. The Balaban J connectivity index is 2.28. The molecular weight excluding hydrogens is 292 g/mol. The zero-order valence-electron chi connectivity index (χ0n) is 12.2. The lowest BCUT2D eigenvalue weighted by atomic mass is 10.3. The van der Waals surface area contributed by atoms with Crippen molar-refractivity contribution in [1.82, 2.24) is 4.98 Å². The molecule has 0 aliphatic heterocycles. The van der Waals surface area contributed by atoms with E-state index in [-0.39, 0.29) is 0 Å². The molecule has 0 fully saturated rings. The maximum atomic E-state index is 11.6. The fourth-order valence-electron chi connectivity index (χ4n) is 1.75. The molecule has 112 valence electrons. The Morgan fingerprint density at radius 3 is 2.62 bits per heavy atom. The van der Waals surface area contributed by atoms with Crippen molar-refractivity contribution in [3.63, 3.8) is 0 Å². The number of hydrogen-bond donors (Lipinski definition) is 1. The summed E-state index contributed by atoms with van der Waals surface area (Å²) in [6, 6.07) is 5.41. The van der Waals surface area contributed by atoms with E-state index >= 15 is 0 Å². The van der Waals surface area contributed by atoms with Crippen LogP contribution in [0.15, 0.2) is 18.2 Å². The van der Waals surface area contributed by atoms with E-state index in [1.54, 1.807) is 20.3 Å². The number of anilines is 2. The maximum Gasteiger partial charge on any atom is 0.357 e. The summed E-state index contributed by atoms with van der Waals surface area (Å²) in [5.41, 5.74) is 1.06. The molecule has 0 unspecified atom stereocenters. The molecule has 2 aromatic rings. The van der Waals surface area contributed by atoms with Crippen LogP contribution < -0.4 is 14.8 Å². The maximum absolute atomic E-state index is 11.6. The number of aromatic nitrogens is 1. The number of methoxy groups -OCH3 is 3. The van der Waals surface area contributed by atoms with Crippen molar-refractivity contribution in [2.75, 3.05) is 26.6 Å². The predicted molar refractivity (Wildman–Crippen MR) is 81.0 cm³/mol. The van der Waals surface area contributed by atoms with Crippen molar-refractivity contribution >= 4 is 28.1 Å². The van der Waals surface area contributed by atoms with Gasteiger partial charge in [0.2, 0.25) is 0 Å². The smallest absolute Gasteiger partial charge is 0.357 e. The van der Waals surface area contributed by atoms with Crippen LogP contribution >= 0.6 is 11.3 Å². The summed E-state index contributed by atoms with van der Waals surface area (Å²) in [4.78, 5) is 16.6. The molecule has 2 rings (SSSR count). The summed E-state index contributed by atoms with van der Waals surface area (Å²) in [6.45, 7) is 1.82. The molecule has 7 heteroatoms. The van der Waals surface area contributed by atoms with Gasteiger partial charge in [0, 0.05) is 10.9 Å². The normalized spacial score (nSPS) is 10.1. The van der Waals surface area contributed by atoms with E-state index in [2.05, 4.69) is 10.3 Å². The van der Waals surface area contributed by atoms with Crippen molar-refractivity contribution in [2.24, 2.45) is 0 Å². The molecule has 0 amide bonds. The van der Waals surface area contributed by atoms with E-state index < -0.39 is 5.97 Å². The second-order valence-electron chi connectivity index (χ2n) is 4.11. The summed E-state index contributed by atoms with van der Waals surface area (Å²) < 4.78 is 15.1. The largest absolute Gasteiger partial charge is 0.497 e. The van der Waals surface area contributed by atoms with Crippen LogP contribution in [-0.2, 0) is 4.74 Å². The fourth-order valence-corrected chi connectivity index (χ4v) is 2.57. The van der Waals surface area contributed by atoms with Crippen LogP contribution in [-0.4, -0.2) is 32.3 Å². The summed E-state index contributed by atoms with van der Waals surface area (Å²) in [6.07, 6.45) is 0. The number of carbonyl (C=O) groups excluding carboxylic acids is 1. The van der Waals surface area contributed by atoms with Crippen molar-refractivity contribution in [1.29, 1.82) is 0 Å². The number of hydrogen-bond acceptors (Lipinski definition) is 7. The molecular formula is C14H16N2O4S.